The number of benzene rings is 1. The van der Waals surface area contributed by atoms with Gasteiger partial charge in [0.15, 0.2) is 6.29 Å². The largest absolute Gasteiger partial charge is 0.573 e. The second-order valence-electron chi connectivity index (χ2n) is 8.98. The predicted octanol–water partition coefficient (Wildman–Crippen LogP) is 4.60. The number of hydrogen-bond donors (Lipinski definition) is 1. The van der Waals surface area contributed by atoms with Crippen LogP contribution in [-0.4, -0.2) is 53.9 Å². The van der Waals surface area contributed by atoms with Crippen LogP contribution in [-0.2, 0) is 4.74 Å². The molecule has 0 saturated carbocycles. The average molecular weight is 480 g/mol. The second-order valence-corrected chi connectivity index (χ2v) is 8.98. The van der Waals surface area contributed by atoms with Gasteiger partial charge in [-0.1, -0.05) is 12.1 Å². The zero-order valence-electron chi connectivity index (χ0n) is 19.2. The van der Waals surface area contributed by atoms with Gasteiger partial charge in [0, 0.05) is 25.2 Å². The summed E-state index contributed by atoms with van der Waals surface area (Å²) in [7, 11) is 0. The Bertz CT molecular complexity index is 1020. The van der Waals surface area contributed by atoms with Crippen molar-refractivity contribution in [2.45, 2.75) is 45.6 Å². The van der Waals surface area contributed by atoms with Crippen molar-refractivity contribution in [2.24, 2.45) is 5.92 Å². The van der Waals surface area contributed by atoms with Gasteiger partial charge in [-0.15, -0.1) is 13.2 Å². The lowest BCUT2D eigenvalue weighted by atomic mass is 9.97. The van der Waals surface area contributed by atoms with Crippen LogP contribution in [0.4, 0.5) is 23.9 Å². The lowest BCUT2D eigenvalue weighted by Crippen LogP contribution is -2.40. The molecule has 1 aromatic carbocycles. The Morgan fingerprint density at radius 2 is 1.88 bits per heavy atom. The summed E-state index contributed by atoms with van der Waals surface area (Å²) in [6.45, 7) is 7.07. The number of amides is 1. The van der Waals surface area contributed by atoms with Gasteiger partial charge < -0.3 is 19.7 Å². The number of anilines is 1. The second kappa shape index (κ2) is 10.3. The number of ether oxygens (including phenoxy) is 2. The first-order valence-corrected chi connectivity index (χ1v) is 10.8. The maximum Gasteiger partial charge on any atom is 0.573 e. The number of rotatable bonds is 6. The molecule has 0 radical (unpaired) electrons. The van der Waals surface area contributed by atoms with Crippen molar-refractivity contribution in [1.29, 1.82) is 0 Å². The number of hydrogen-bond acceptors (Lipinski definition) is 7. The molecule has 0 bridgehead atoms. The van der Waals surface area contributed by atoms with E-state index in [1.54, 1.807) is 26.8 Å². The Kier molecular flexibility index (Phi) is 7.63. The Labute approximate surface area is 195 Å². The molecule has 34 heavy (non-hydrogen) atoms. The van der Waals surface area contributed by atoms with Crippen molar-refractivity contribution in [1.82, 2.24) is 15.3 Å². The van der Waals surface area contributed by atoms with Crippen molar-refractivity contribution >= 4 is 18.3 Å². The quantitative estimate of drug-likeness (QED) is 0.604. The summed E-state index contributed by atoms with van der Waals surface area (Å²) in [5, 5.41) is 2.78. The molecule has 1 aliphatic heterocycles. The van der Waals surface area contributed by atoms with Gasteiger partial charge in [0.25, 0.3) is 0 Å². The van der Waals surface area contributed by atoms with E-state index in [9.17, 15) is 22.8 Å². The fraction of sp³-hybridized carbons (Fsp3) is 0.478. The third kappa shape index (κ3) is 7.60. The number of piperidine rings is 1. The highest BCUT2D eigenvalue weighted by Crippen LogP contribution is 2.29. The van der Waals surface area contributed by atoms with E-state index >= 15 is 0 Å². The van der Waals surface area contributed by atoms with Crippen LogP contribution in [0.2, 0.25) is 0 Å². The van der Waals surface area contributed by atoms with Gasteiger partial charge in [-0.25, -0.2) is 14.8 Å². The first-order valence-electron chi connectivity index (χ1n) is 10.8. The Balaban J connectivity index is 1.67. The molecule has 11 heteroatoms. The maximum atomic E-state index is 12.6. The van der Waals surface area contributed by atoms with Crippen LogP contribution in [0.15, 0.2) is 30.3 Å². The molecule has 184 valence electrons. The van der Waals surface area contributed by atoms with E-state index < -0.39 is 18.1 Å². The van der Waals surface area contributed by atoms with Crippen LogP contribution in [0.1, 0.15) is 44.1 Å². The number of alkyl halides is 3. The average Bonchev–Trinajstić information content (AvgIpc) is 2.75. The number of aromatic nitrogens is 2. The molecule has 1 N–H and O–H groups in total. The third-order valence-corrected chi connectivity index (χ3v) is 5.05. The molecular weight excluding hydrogens is 453 g/mol. The summed E-state index contributed by atoms with van der Waals surface area (Å²) in [6, 6.07) is 6.82. The molecule has 1 saturated heterocycles. The maximum absolute atomic E-state index is 12.6. The lowest BCUT2D eigenvalue weighted by Gasteiger charge is -2.32. The van der Waals surface area contributed by atoms with Gasteiger partial charge in [0.05, 0.1) is 5.69 Å². The van der Waals surface area contributed by atoms with Crippen LogP contribution in [0.3, 0.4) is 0 Å². The van der Waals surface area contributed by atoms with E-state index in [0.717, 1.165) is 12.8 Å². The van der Waals surface area contributed by atoms with Crippen LogP contribution in [0.25, 0.3) is 11.3 Å². The molecule has 0 spiro atoms. The van der Waals surface area contributed by atoms with Crippen LogP contribution in [0, 0.1) is 5.92 Å². The molecule has 0 aliphatic carbocycles. The summed E-state index contributed by atoms with van der Waals surface area (Å²) in [4.78, 5) is 34.0. The minimum atomic E-state index is -4.81. The number of nitrogens with one attached hydrogen (secondary N) is 1. The minimum Gasteiger partial charge on any atom is -0.444 e. The third-order valence-electron chi connectivity index (χ3n) is 5.05. The van der Waals surface area contributed by atoms with Crippen LogP contribution in [0.5, 0.6) is 5.75 Å². The molecule has 2 aromatic rings. The van der Waals surface area contributed by atoms with E-state index in [1.807, 2.05) is 4.90 Å². The molecule has 1 aliphatic rings. The highest BCUT2D eigenvalue weighted by molar-refractivity contribution is 5.76. The van der Waals surface area contributed by atoms with E-state index in [2.05, 4.69) is 20.0 Å². The van der Waals surface area contributed by atoms with Gasteiger partial charge in [0.1, 0.15) is 17.0 Å². The number of aldehydes is 1. The number of alkyl carbamates (subject to hydrolysis) is 1. The summed E-state index contributed by atoms with van der Waals surface area (Å²) < 4.78 is 47.0. The van der Waals surface area contributed by atoms with Crippen LogP contribution >= 0.6 is 0 Å². The highest BCUT2D eigenvalue weighted by atomic mass is 19.4. The molecule has 0 unspecified atom stereocenters. The summed E-state index contributed by atoms with van der Waals surface area (Å²) in [6.07, 6.45) is -3.18. The summed E-state index contributed by atoms with van der Waals surface area (Å²) >= 11 is 0. The van der Waals surface area contributed by atoms with E-state index in [0.29, 0.717) is 43.1 Å². The molecule has 0 atom stereocenters. The molecule has 2 heterocycles. The monoisotopic (exact) mass is 480 g/mol. The highest BCUT2D eigenvalue weighted by Gasteiger charge is 2.31. The number of nitrogens with zero attached hydrogens (tertiary/aromatic N) is 3. The van der Waals surface area contributed by atoms with Gasteiger partial charge in [-0.05, 0) is 57.7 Å². The van der Waals surface area contributed by atoms with Crippen molar-refractivity contribution < 1.29 is 32.2 Å². The normalized spacial score (nSPS) is 15.1. The fourth-order valence-corrected chi connectivity index (χ4v) is 3.53. The number of halogens is 3. The van der Waals surface area contributed by atoms with E-state index in [1.165, 1.54) is 24.3 Å². The van der Waals surface area contributed by atoms with Crippen molar-refractivity contribution in [3.63, 3.8) is 0 Å². The molecule has 1 fully saturated rings. The van der Waals surface area contributed by atoms with Gasteiger partial charge in [-0.3, -0.25) is 4.79 Å². The zero-order chi connectivity index (χ0) is 24.9. The summed E-state index contributed by atoms with van der Waals surface area (Å²) in [5.41, 5.74) is 0.235. The van der Waals surface area contributed by atoms with E-state index in [4.69, 9.17) is 4.74 Å². The number of carbonyl (C=O) groups is 2. The van der Waals surface area contributed by atoms with Crippen molar-refractivity contribution in [3.8, 4) is 17.0 Å². The smallest absolute Gasteiger partial charge is 0.444 e. The van der Waals surface area contributed by atoms with Gasteiger partial charge in [0.2, 0.25) is 5.95 Å². The molecular formula is C23H27F3N4O4. The van der Waals surface area contributed by atoms with Crippen LogP contribution < -0.4 is 15.0 Å². The van der Waals surface area contributed by atoms with Gasteiger partial charge in [-0.2, -0.15) is 0 Å². The Morgan fingerprint density at radius 1 is 1.18 bits per heavy atom. The molecule has 3 rings (SSSR count). The fourth-order valence-electron chi connectivity index (χ4n) is 3.53. The molecule has 1 aromatic heterocycles. The predicted molar refractivity (Wildman–Crippen MR) is 119 cm³/mol. The van der Waals surface area contributed by atoms with Crippen molar-refractivity contribution in [2.75, 3.05) is 24.5 Å². The number of carbonyl (C=O) groups excluding carboxylic acids is 2. The standard InChI is InChI=1S/C23H27F3N4O4/c1-22(2,3)34-21(32)27-13-15-7-9-30(10-8-15)20-28-17(14-31)12-19(29-20)16-5-4-6-18(11-16)33-23(24,25)26/h4-6,11-12,14-15H,7-10,13H2,1-3H3,(H,27,32). The Hall–Kier alpha value is -3.37. The minimum absolute atomic E-state index is 0.121. The first-order chi connectivity index (χ1) is 15.9. The first kappa shape index (κ1) is 25.3. The van der Waals surface area contributed by atoms with E-state index in [-0.39, 0.29) is 17.4 Å². The topological polar surface area (TPSA) is 93.7 Å². The zero-order valence-corrected chi connectivity index (χ0v) is 19.2. The van der Waals surface area contributed by atoms with Gasteiger partial charge >= 0.3 is 12.5 Å². The summed E-state index contributed by atoms with van der Waals surface area (Å²) in [5.74, 6) is 0.185. The lowest BCUT2D eigenvalue weighted by molar-refractivity contribution is -0.274. The SMILES string of the molecule is CC(C)(C)OC(=O)NCC1CCN(c2nc(C=O)cc(-c3cccc(OC(F)(F)F)c3)n2)CC1. The molecule has 1 amide bonds. The molecule has 8 nitrogen and oxygen atoms in total. The Morgan fingerprint density at radius 3 is 2.50 bits per heavy atom. The van der Waals surface area contributed by atoms with Crippen molar-refractivity contribution in [3.05, 3.63) is 36.0 Å².